The van der Waals surface area contributed by atoms with E-state index in [1.807, 2.05) is 36.4 Å². The Kier molecular flexibility index (Phi) is 6.76. The van der Waals surface area contributed by atoms with Crippen LogP contribution in [0.4, 0.5) is 11.5 Å². The molecule has 35 heavy (non-hydrogen) atoms. The van der Waals surface area contributed by atoms with Crippen LogP contribution in [-0.2, 0) is 6.61 Å². The first-order valence-electron chi connectivity index (χ1n) is 11.9. The molecular weight excluding hydrogens is 446 g/mol. The lowest BCUT2D eigenvalue weighted by atomic mass is 9.94. The largest absolute Gasteiger partial charge is 0.497 e. The highest BCUT2D eigenvalue weighted by Gasteiger charge is 2.34. The zero-order chi connectivity index (χ0) is 24.2. The summed E-state index contributed by atoms with van der Waals surface area (Å²) in [6.45, 7) is 3.49. The molecule has 2 aliphatic heterocycles. The predicted molar refractivity (Wildman–Crippen MR) is 134 cm³/mol. The zero-order valence-electron chi connectivity index (χ0n) is 20.0. The van der Waals surface area contributed by atoms with Gasteiger partial charge in [0.05, 0.1) is 14.2 Å². The van der Waals surface area contributed by atoms with Crippen LogP contribution >= 0.6 is 0 Å². The molecule has 184 valence electrons. The summed E-state index contributed by atoms with van der Waals surface area (Å²) in [5, 5.41) is 13.4. The number of carbonyl (C=O) groups is 1. The average Bonchev–Trinajstić information content (AvgIpc) is 3.54. The first-order chi connectivity index (χ1) is 17.1. The van der Waals surface area contributed by atoms with Gasteiger partial charge in [0, 0.05) is 42.5 Å². The molecular formula is C26H31N5O4. The van der Waals surface area contributed by atoms with Gasteiger partial charge < -0.3 is 29.7 Å². The summed E-state index contributed by atoms with van der Waals surface area (Å²) < 4.78 is 16.3. The summed E-state index contributed by atoms with van der Waals surface area (Å²) in [4.78, 5) is 15.1. The second kappa shape index (κ2) is 10.3. The summed E-state index contributed by atoms with van der Waals surface area (Å²) >= 11 is 0. The lowest BCUT2D eigenvalue weighted by Crippen LogP contribution is -2.40. The van der Waals surface area contributed by atoms with Crippen molar-refractivity contribution in [3.05, 3.63) is 59.7 Å². The molecule has 2 aliphatic rings. The topological polar surface area (TPSA) is 101 Å². The molecule has 3 aromatic rings. The number of nitrogens with one attached hydrogen (secondary N) is 3. The highest BCUT2D eigenvalue weighted by atomic mass is 16.5. The van der Waals surface area contributed by atoms with Crippen LogP contribution in [0.2, 0.25) is 0 Å². The summed E-state index contributed by atoms with van der Waals surface area (Å²) in [6, 6.07) is 15.5. The first kappa shape index (κ1) is 23.0. The number of amides is 1. The van der Waals surface area contributed by atoms with E-state index in [1.165, 1.54) is 12.8 Å². The predicted octanol–water partition coefficient (Wildman–Crippen LogP) is 3.45. The van der Waals surface area contributed by atoms with E-state index in [-0.39, 0.29) is 12.5 Å². The van der Waals surface area contributed by atoms with Crippen LogP contribution in [0.5, 0.6) is 17.4 Å². The molecule has 0 aliphatic carbocycles. The van der Waals surface area contributed by atoms with E-state index in [2.05, 4.69) is 25.7 Å². The Balaban J connectivity index is 1.16. The van der Waals surface area contributed by atoms with Crippen LogP contribution in [0, 0.1) is 5.92 Å². The number of H-pyrrole nitrogens is 1. The fourth-order valence-electron chi connectivity index (χ4n) is 4.82. The quantitative estimate of drug-likeness (QED) is 0.457. The van der Waals surface area contributed by atoms with Crippen molar-refractivity contribution in [1.29, 1.82) is 0 Å². The average molecular weight is 478 g/mol. The standard InChI is InChI=1S/C26H31N5O4/c1-33-21-10-17(11-22(12-21)34-2)16-35-25-13-24(29-30-25)28-26(32)18-5-7-20(8-6-18)31-14-19-4-3-9-27-23(19)15-31/h5-8,10-13,19,23,27H,3-4,9,14-16H2,1-2H3,(H2,28,29,30,32). The maximum absolute atomic E-state index is 12.7. The Hall–Kier alpha value is -3.72. The monoisotopic (exact) mass is 477 g/mol. The van der Waals surface area contributed by atoms with Gasteiger partial charge in [0.1, 0.15) is 23.9 Å². The van der Waals surface area contributed by atoms with E-state index >= 15 is 0 Å². The highest BCUT2D eigenvalue weighted by Crippen LogP contribution is 2.29. The van der Waals surface area contributed by atoms with Crippen molar-refractivity contribution < 1.29 is 19.0 Å². The number of hydrogen-bond acceptors (Lipinski definition) is 7. The molecule has 2 saturated heterocycles. The number of piperidine rings is 1. The number of benzene rings is 2. The van der Waals surface area contributed by atoms with E-state index in [0.717, 1.165) is 36.8 Å². The van der Waals surface area contributed by atoms with Gasteiger partial charge in [-0.05, 0) is 67.3 Å². The number of anilines is 2. The van der Waals surface area contributed by atoms with Crippen molar-refractivity contribution in [3.63, 3.8) is 0 Å². The minimum absolute atomic E-state index is 0.207. The van der Waals surface area contributed by atoms with Crippen LogP contribution in [0.25, 0.3) is 0 Å². The zero-order valence-corrected chi connectivity index (χ0v) is 20.0. The molecule has 3 heterocycles. The molecule has 1 amide bonds. The van der Waals surface area contributed by atoms with E-state index in [1.54, 1.807) is 26.4 Å². The normalized spacial score (nSPS) is 19.2. The van der Waals surface area contributed by atoms with Gasteiger partial charge in [-0.3, -0.25) is 9.89 Å². The van der Waals surface area contributed by atoms with Gasteiger partial charge in [-0.2, -0.15) is 0 Å². The SMILES string of the molecule is COc1cc(COc2cc(NC(=O)c3ccc(N4CC5CCCNC5C4)cc3)[nH]n2)cc(OC)c1. The van der Waals surface area contributed by atoms with Gasteiger partial charge >= 0.3 is 0 Å². The molecule has 9 nitrogen and oxygen atoms in total. The molecule has 1 aromatic heterocycles. The number of nitrogens with zero attached hydrogens (tertiary/aromatic N) is 2. The van der Waals surface area contributed by atoms with Gasteiger partial charge in [0.25, 0.3) is 5.91 Å². The van der Waals surface area contributed by atoms with Crippen molar-refractivity contribution in [1.82, 2.24) is 15.5 Å². The van der Waals surface area contributed by atoms with E-state index in [4.69, 9.17) is 14.2 Å². The molecule has 0 saturated carbocycles. The molecule has 2 aromatic carbocycles. The van der Waals surface area contributed by atoms with Gasteiger partial charge in [-0.1, -0.05) is 0 Å². The fourth-order valence-corrected chi connectivity index (χ4v) is 4.82. The highest BCUT2D eigenvalue weighted by molar-refractivity contribution is 6.04. The minimum atomic E-state index is -0.207. The van der Waals surface area contributed by atoms with Crippen LogP contribution < -0.4 is 29.7 Å². The third-order valence-electron chi connectivity index (χ3n) is 6.69. The Morgan fingerprint density at radius 3 is 2.57 bits per heavy atom. The van der Waals surface area contributed by atoms with Crippen LogP contribution in [-0.4, -0.2) is 56.0 Å². The number of carbonyl (C=O) groups excluding carboxylic acids is 1. The van der Waals surface area contributed by atoms with Gasteiger partial charge in [0.2, 0.25) is 5.88 Å². The molecule has 0 bridgehead atoms. The molecule has 3 N–H and O–H groups in total. The van der Waals surface area contributed by atoms with Crippen molar-refractivity contribution >= 4 is 17.4 Å². The number of fused-ring (bicyclic) bond motifs is 1. The second-order valence-electron chi connectivity index (χ2n) is 9.00. The van der Waals surface area contributed by atoms with Crippen LogP contribution in [0.15, 0.2) is 48.5 Å². The van der Waals surface area contributed by atoms with Gasteiger partial charge in [-0.25, -0.2) is 0 Å². The lowest BCUT2D eigenvalue weighted by Gasteiger charge is -2.24. The first-order valence-corrected chi connectivity index (χ1v) is 11.9. The minimum Gasteiger partial charge on any atom is -0.497 e. The third-order valence-corrected chi connectivity index (χ3v) is 6.69. The van der Waals surface area contributed by atoms with Crippen molar-refractivity contribution in [2.75, 3.05) is 44.1 Å². The molecule has 0 radical (unpaired) electrons. The third kappa shape index (κ3) is 5.35. The maximum Gasteiger partial charge on any atom is 0.256 e. The van der Waals surface area contributed by atoms with E-state index in [0.29, 0.717) is 34.8 Å². The summed E-state index contributed by atoms with van der Waals surface area (Å²) in [5.74, 6) is 2.72. The van der Waals surface area contributed by atoms with Crippen LogP contribution in [0.1, 0.15) is 28.8 Å². The van der Waals surface area contributed by atoms with Crippen LogP contribution in [0.3, 0.4) is 0 Å². The Labute approximate surface area is 204 Å². The number of ether oxygens (including phenoxy) is 3. The number of methoxy groups -OCH3 is 2. The smallest absolute Gasteiger partial charge is 0.256 e. The number of hydrogen-bond donors (Lipinski definition) is 3. The number of rotatable bonds is 8. The van der Waals surface area contributed by atoms with Gasteiger partial charge in [-0.15, -0.1) is 5.10 Å². The Bertz CT molecular complexity index is 1130. The molecule has 0 spiro atoms. The molecule has 5 rings (SSSR count). The number of aromatic amines is 1. The van der Waals surface area contributed by atoms with Crippen molar-refractivity contribution in [3.8, 4) is 17.4 Å². The van der Waals surface area contributed by atoms with E-state index < -0.39 is 0 Å². The molecule has 2 unspecified atom stereocenters. The summed E-state index contributed by atoms with van der Waals surface area (Å²) in [6.07, 6.45) is 2.54. The summed E-state index contributed by atoms with van der Waals surface area (Å²) in [7, 11) is 3.20. The Morgan fingerprint density at radius 2 is 1.86 bits per heavy atom. The molecule has 2 fully saturated rings. The van der Waals surface area contributed by atoms with E-state index in [9.17, 15) is 4.79 Å². The van der Waals surface area contributed by atoms with Crippen molar-refractivity contribution in [2.24, 2.45) is 5.92 Å². The summed E-state index contributed by atoms with van der Waals surface area (Å²) in [5.41, 5.74) is 2.62. The fraction of sp³-hybridized carbons (Fsp3) is 0.385. The lowest BCUT2D eigenvalue weighted by molar-refractivity contribution is 0.102. The number of aromatic nitrogens is 2. The maximum atomic E-state index is 12.7. The Morgan fingerprint density at radius 1 is 1.09 bits per heavy atom. The molecule has 2 atom stereocenters. The van der Waals surface area contributed by atoms with Gasteiger partial charge in [0.15, 0.2) is 0 Å². The second-order valence-corrected chi connectivity index (χ2v) is 9.00. The van der Waals surface area contributed by atoms with Crippen molar-refractivity contribution in [2.45, 2.75) is 25.5 Å². The molecule has 9 heteroatoms.